The molecule has 116 valence electrons. The summed E-state index contributed by atoms with van der Waals surface area (Å²) >= 11 is 0. The summed E-state index contributed by atoms with van der Waals surface area (Å²) in [6.45, 7) is 9.88. The Hall–Kier alpha value is -2.05. The van der Waals surface area contributed by atoms with Crippen LogP contribution in [-0.4, -0.2) is 65.1 Å². The van der Waals surface area contributed by atoms with Gasteiger partial charge in [-0.05, 0) is 20.8 Å². The molecule has 0 radical (unpaired) electrons. The first-order valence-electron chi connectivity index (χ1n) is 7.42. The van der Waals surface area contributed by atoms with Crippen molar-refractivity contribution in [3.05, 3.63) is 22.1 Å². The Morgan fingerprint density at radius 2 is 1.90 bits per heavy atom. The summed E-state index contributed by atoms with van der Waals surface area (Å²) in [5.41, 5.74) is 0.564. The van der Waals surface area contributed by atoms with Crippen molar-refractivity contribution in [2.75, 3.05) is 44.2 Å². The quantitative estimate of drug-likeness (QED) is 0.888. The minimum Gasteiger partial charge on any atom is -0.339 e. The SMILES string of the molecule is CCN(CC)C(=O)N1CCN(c2nc(C)cc(=O)[nH]2)CC1. The van der Waals surface area contributed by atoms with Crippen molar-refractivity contribution in [2.45, 2.75) is 20.8 Å². The van der Waals surface area contributed by atoms with E-state index in [1.54, 1.807) is 6.92 Å². The summed E-state index contributed by atoms with van der Waals surface area (Å²) in [5.74, 6) is 0.593. The van der Waals surface area contributed by atoms with Gasteiger partial charge in [0.1, 0.15) is 0 Å². The second-order valence-electron chi connectivity index (χ2n) is 5.14. The number of rotatable bonds is 3. The molecule has 0 atom stereocenters. The molecule has 0 aromatic carbocycles. The fourth-order valence-electron chi connectivity index (χ4n) is 2.52. The molecule has 0 aliphatic carbocycles. The summed E-state index contributed by atoms with van der Waals surface area (Å²) in [5, 5.41) is 0. The summed E-state index contributed by atoms with van der Waals surface area (Å²) < 4.78 is 0. The zero-order valence-electron chi connectivity index (χ0n) is 12.9. The summed E-state index contributed by atoms with van der Waals surface area (Å²) in [6.07, 6.45) is 0. The molecule has 1 aliphatic heterocycles. The summed E-state index contributed by atoms with van der Waals surface area (Å²) in [4.78, 5) is 36.6. The summed E-state index contributed by atoms with van der Waals surface area (Å²) in [6, 6.07) is 1.56. The van der Waals surface area contributed by atoms with E-state index >= 15 is 0 Å². The van der Waals surface area contributed by atoms with E-state index < -0.39 is 0 Å². The van der Waals surface area contributed by atoms with E-state index in [0.717, 1.165) is 13.1 Å². The van der Waals surface area contributed by atoms with E-state index in [2.05, 4.69) is 9.97 Å². The van der Waals surface area contributed by atoms with Gasteiger partial charge in [-0.25, -0.2) is 9.78 Å². The van der Waals surface area contributed by atoms with Crippen LogP contribution in [0.4, 0.5) is 10.7 Å². The van der Waals surface area contributed by atoms with Crippen molar-refractivity contribution in [2.24, 2.45) is 0 Å². The van der Waals surface area contributed by atoms with E-state index in [0.29, 0.717) is 37.8 Å². The lowest BCUT2D eigenvalue weighted by molar-refractivity contribution is 0.154. The van der Waals surface area contributed by atoms with Gasteiger partial charge in [0.05, 0.1) is 0 Å². The highest BCUT2D eigenvalue weighted by Crippen LogP contribution is 2.11. The molecule has 0 unspecified atom stereocenters. The van der Waals surface area contributed by atoms with Gasteiger partial charge in [0.25, 0.3) is 5.56 Å². The second-order valence-corrected chi connectivity index (χ2v) is 5.14. The maximum Gasteiger partial charge on any atom is 0.320 e. The Kier molecular flexibility index (Phi) is 4.82. The van der Waals surface area contributed by atoms with Gasteiger partial charge >= 0.3 is 6.03 Å². The molecular formula is C14H23N5O2. The number of H-pyrrole nitrogens is 1. The molecule has 1 aromatic rings. The van der Waals surface area contributed by atoms with Crippen molar-refractivity contribution < 1.29 is 4.79 Å². The summed E-state index contributed by atoms with van der Waals surface area (Å²) in [7, 11) is 0. The average Bonchev–Trinajstić information content (AvgIpc) is 2.47. The molecule has 1 fully saturated rings. The highest BCUT2D eigenvalue weighted by molar-refractivity contribution is 5.74. The fraction of sp³-hybridized carbons (Fsp3) is 0.643. The van der Waals surface area contributed by atoms with Gasteiger partial charge in [-0.15, -0.1) is 0 Å². The molecule has 7 nitrogen and oxygen atoms in total. The third-order valence-corrected chi connectivity index (χ3v) is 3.74. The smallest absolute Gasteiger partial charge is 0.320 e. The molecule has 1 aliphatic rings. The van der Waals surface area contributed by atoms with Crippen LogP contribution >= 0.6 is 0 Å². The standard InChI is InChI=1S/C14H23N5O2/c1-4-17(5-2)14(21)19-8-6-18(7-9-19)13-15-11(3)10-12(20)16-13/h10H,4-9H2,1-3H3,(H,15,16,20). The number of aromatic amines is 1. The van der Waals surface area contributed by atoms with Gasteiger partial charge in [-0.2, -0.15) is 0 Å². The van der Waals surface area contributed by atoms with Crippen LogP contribution in [0.25, 0.3) is 0 Å². The average molecular weight is 293 g/mol. The van der Waals surface area contributed by atoms with Crippen molar-refractivity contribution in [3.8, 4) is 0 Å². The lowest BCUT2D eigenvalue weighted by atomic mass is 10.3. The van der Waals surface area contributed by atoms with Crippen molar-refractivity contribution in [3.63, 3.8) is 0 Å². The van der Waals surface area contributed by atoms with E-state index in [1.807, 2.05) is 28.5 Å². The number of nitrogens with zero attached hydrogens (tertiary/aromatic N) is 4. The number of nitrogens with one attached hydrogen (secondary N) is 1. The van der Waals surface area contributed by atoms with Crippen LogP contribution in [-0.2, 0) is 0 Å². The molecule has 7 heteroatoms. The minimum absolute atomic E-state index is 0.0883. The normalized spacial score (nSPS) is 15.2. The number of piperazine rings is 1. The van der Waals surface area contributed by atoms with Gasteiger partial charge in [-0.3, -0.25) is 9.78 Å². The first-order chi connectivity index (χ1) is 10.0. The Morgan fingerprint density at radius 1 is 1.29 bits per heavy atom. The van der Waals surface area contributed by atoms with Crippen LogP contribution in [0.15, 0.2) is 10.9 Å². The maximum atomic E-state index is 12.3. The molecule has 0 spiro atoms. The predicted octanol–water partition coefficient (Wildman–Crippen LogP) is 0.662. The van der Waals surface area contributed by atoms with Gasteiger partial charge < -0.3 is 14.7 Å². The third kappa shape index (κ3) is 3.53. The molecular weight excluding hydrogens is 270 g/mol. The Bertz CT molecular complexity index is 545. The van der Waals surface area contributed by atoms with Gasteiger partial charge in [-0.1, -0.05) is 0 Å². The molecule has 0 bridgehead atoms. The largest absolute Gasteiger partial charge is 0.339 e. The van der Waals surface area contributed by atoms with Crippen molar-refractivity contribution in [1.82, 2.24) is 19.8 Å². The molecule has 1 saturated heterocycles. The number of aryl methyl sites for hydroxylation is 1. The Morgan fingerprint density at radius 3 is 2.43 bits per heavy atom. The van der Waals surface area contributed by atoms with Gasteiger partial charge in [0.15, 0.2) is 0 Å². The number of carbonyl (C=O) groups is 1. The first kappa shape index (κ1) is 15.3. The van der Waals surface area contributed by atoms with Crippen LogP contribution in [0.3, 0.4) is 0 Å². The van der Waals surface area contributed by atoms with Crippen LogP contribution < -0.4 is 10.5 Å². The highest BCUT2D eigenvalue weighted by Gasteiger charge is 2.24. The number of hydrogen-bond donors (Lipinski definition) is 1. The highest BCUT2D eigenvalue weighted by atomic mass is 16.2. The minimum atomic E-state index is -0.140. The molecule has 0 saturated carbocycles. The molecule has 21 heavy (non-hydrogen) atoms. The second kappa shape index (κ2) is 6.60. The van der Waals surface area contributed by atoms with Crippen LogP contribution in [0.1, 0.15) is 19.5 Å². The van der Waals surface area contributed by atoms with Gasteiger partial charge in [0, 0.05) is 51.0 Å². The number of aromatic nitrogens is 2. The maximum absolute atomic E-state index is 12.3. The molecule has 2 amide bonds. The Labute approximate surface area is 124 Å². The zero-order valence-corrected chi connectivity index (χ0v) is 12.9. The lowest BCUT2D eigenvalue weighted by Crippen LogP contribution is -2.53. The first-order valence-corrected chi connectivity index (χ1v) is 7.42. The van der Waals surface area contributed by atoms with Gasteiger partial charge in [0.2, 0.25) is 5.95 Å². The van der Waals surface area contributed by atoms with Crippen molar-refractivity contribution in [1.29, 1.82) is 0 Å². The number of carbonyl (C=O) groups excluding carboxylic acids is 1. The number of anilines is 1. The lowest BCUT2D eigenvalue weighted by Gasteiger charge is -2.37. The van der Waals surface area contributed by atoms with E-state index in [9.17, 15) is 9.59 Å². The molecule has 2 heterocycles. The predicted molar refractivity (Wildman–Crippen MR) is 81.7 cm³/mol. The van der Waals surface area contributed by atoms with E-state index in [4.69, 9.17) is 0 Å². The number of hydrogen-bond acceptors (Lipinski definition) is 4. The molecule has 1 aromatic heterocycles. The topological polar surface area (TPSA) is 72.5 Å². The fourth-order valence-corrected chi connectivity index (χ4v) is 2.52. The van der Waals surface area contributed by atoms with Crippen LogP contribution in [0.2, 0.25) is 0 Å². The van der Waals surface area contributed by atoms with Crippen LogP contribution in [0, 0.1) is 6.92 Å². The molecule has 2 rings (SSSR count). The van der Waals surface area contributed by atoms with E-state index in [1.165, 1.54) is 6.07 Å². The third-order valence-electron chi connectivity index (χ3n) is 3.74. The van der Waals surface area contributed by atoms with Crippen LogP contribution in [0.5, 0.6) is 0 Å². The Balaban J connectivity index is 2.00. The van der Waals surface area contributed by atoms with E-state index in [-0.39, 0.29) is 11.6 Å². The zero-order chi connectivity index (χ0) is 15.4. The molecule has 1 N–H and O–H groups in total. The number of urea groups is 1. The van der Waals surface area contributed by atoms with Crippen molar-refractivity contribution >= 4 is 12.0 Å². The number of amides is 2. The monoisotopic (exact) mass is 293 g/mol.